The Morgan fingerprint density at radius 3 is 2.65 bits per heavy atom. The zero-order valence-corrected chi connectivity index (χ0v) is 14.3. The Kier molecular flexibility index (Phi) is 4.57. The number of nitrogens with one attached hydrogen (secondary N) is 2. The number of carbonyl (C=O) groups is 2. The van der Waals surface area contributed by atoms with Gasteiger partial charge in [0.1, 0.15) is 23.4 Å². The van der Waals surface area contributed by atoms with Crippen molar-refractivity contribution in [3.05, 3.63) is 53.6 Å². The van der Waals surface area contributed by atoms with Gasteiger partial charge in [-0.25, -0.2) is 4.79 Å². The molecule has 0 bridgehead atoms. The molecule has 0 aliphatic heterocycles. The molecule has 1 aromatic heterocycles. The number of H-pyrrole nitrogens is 1. The Morgan fingerprint density at radius 1 is 1.23 bits per heavy atom. The predicted octanol–water partition coefficient (Wildman–Crippen LogP) is 1.92. The van der Waals surface area contributed by atoms with Gasteiger partial charge in [0.25, 0.3) is 5.91 Å². The van der Waals surface area contributed by atoms with Gasteiger partial charge in [0.15, 0.2) is 5.54 Å². The van der Waals surface area contributed by atoms with E-state index in [4.69, 9.17) is 4.74 Å². The summed E-state index contributed by atoms with van der Waals surface area (Å²) in [7, 11) is 0. The maximum absolute atomic E-state index is 12.6. The quantitative estimate of drug-likeness (QED) is 0.622. The van der Waals surface area contributed by atoms with Crippen molar-refractivity contribution in [1.29, 1.82) is 0 Å². The molecule has 0 saturated carbocycles. The number of carbonyl (C=O) groups excluding carboxylic acids is 1. The van der Waals surface area contributed by atoms with Crippen LogP contribution in [0, 0.1) is 6.92 Å². The monoisotopic (exact) mass is 354 g/mol. The SMILES string of the molecule is Cc1cc(C(=O)NC(C)(COc2ccccc2)C(=O)O)cc2n[nH]nc12. The lowest BCUT2D eigenvalue weighted by molar-refractivity contribution is -0.145. The van der Waals surface area contributed by atoms with Crippen molar-refractivity contribution < 1.29 is 19.4 Å². The lowest BCUT2D eigenvalue weighted by Crippen LogP contribution is -2.56. The summed E-state index contributed by atoms with van der Waals surface area (Å²) in [4.78, 5) is 24.3. The Bertz CT molecular complexity index is 954. The van der Waals surface area contributed by atoms with Crippen LogP contribution in [-0.4, -0.2) is 44.5 Å². The molecule has 0 aliphatic carbocycles. The van der Waals surface area contributed by atoms with E-state index >= 15 is 0 Å². The van der Waals surface area contributed by atoms with Crippen LogP contribution in [-0.2, 0) is 4.79 Å². The summed E-state index contributed by atoms with van der Waals surface area (Å²) in [5.41, 5.74) is 0.664. The number of fused-ring (bicyclic) bond motifs is 1. The van der Waals surface area contributed by atoms with Crippen LogP contribution >= 0.6 is 0 Å². The first-order valence-corrected chi connectivity index (χ1v) is 7.94. The number of nitrogens with zero attached hydrogens (tertiary/aromatic N) is 2. The van der Waals surface area contributed by atoms with E-state index in [2.05, 4.69) is 20.7 Å². The van der Waals surface area contributed by atoms with Crippen molar-refractivity contribution in [2.75, 3.05) is 6.61 Å². The fourth-order valence-electron chi connectivity index (χ4n) is 2.47. The molecule has 134 valence electrons. The molecule has 0 radical (unpaired) electrons. The van der Waals surface area contributed by atoms with Gasteiger partial charge in [-0.3, -0.25) is 4.79 Å². The zero-order valence-electron chi connectivity index (χ0n) is 14.3. The van der Waals surface area contributed by atoms with Crippen LogP contribution in [0.15, 0.2) is 42.5 Å². The van der Waals surface area contributed by atoms with Gasteiger partial charge in [0, 0.05) is 5.56 Å². The summed E-state index contributed by atoms with van der Waals surface area (Å²) in [6.07, 6.45) is 0. The smallest absolute Gasteiger partial charge is 0.332 e. The van der Waals surface area contributed by atoms with Crippen LogP contribution in [0.2, 0.25) is 0 Å². The average molecular weight is 354 g/mol. The van der Waals surface area contributed by atoms with E-state index in [-0.39, 0.29) is 6.61 Å². The second kappa shape index (κ2) is 6.83. The van der Waals surface area contributed by atoms with Crippen molar-refractivity contribution in [2.24, 2.45) is 0 Å². The molecule has 1 unspecified atom stereocenters. The van der Waals surface area contributed by atoms with E-state index in [1.54, 1.807) is 43.3 Å². The number of aromatic nitrogens is 3. The van der Waals surface area contributed by atoms with Gasteiger partial charge in [-0.1, -0.05) is 18.2 Å². The number of aliphatic carboxylic acids is 1. The molecular formula is C18H18N4O4. The first-order valence-electron chi connectivity index (χ1n) is 7.94. The lowest BCUT2D eigenvalue weighted by Gasteiger charge is -2.26. The molecule has 0 fully saturated rings. The van der Waals surface area contributed by atoms with Gasteiger partial charge in [-0.05, 0) is 43.7 Å². The van der Waals surface area contributed by atoms with Gasteiger partial charge in [-0.2, -0.15) is 15.4 Å². The molecule has 8 nitrogen and oxygen atoms in total. The number of aryl methyl sites for hydroxylation is 1. The number of ether oxygens (including phenoxy) is 1. The van der Waals surface area contributed by atoms with Gasteiger partial charge in [-0.15, -0.1) is 0 Å². The Labute approximate surface area is 149 Å². The van der Waals surface area contributed by atoms with Gasteiger partial charge in [0.2, 0.25) is 0 Å². The van der Waals surface area contributed by atoms with E-state index in [1.807, 2.05) is 6.07 Å². The summed E-state index contributed by atoms with van der Waals surface area (Å²) in [5, 5.41) is 22.6. The fraction of sp³-hybridized carbons (Fsp3) is 0.222. The molecule has 3 rings (SSSR count). The minimum absolute atomic E-state index is 0.219. The number of carboxylic acid groups (broad SMARTS) is 1. The number of para-hydroxylation sites is 1. The molecule has 8 heteroatoms. The number of hydrogen-bond donors (Lipinski definition) is 3. The number of benzene rings is 2. The number of hydrogen-bond acceptors (Lipinski definition) is 5. The molecule has 2 aromatic carbocycles. The van der Waals surface area contributed by atoms with Gasteiger partial charge >= 0.3 is 5.97 Å². The van der Waals surface area contributed by atoms with Crippen LogP contribution in [0.4, 0.5) is 0 Å². The van der Waals surface area contributed by atoms with Crippen LogP contribution in [0.25, 0.3) is 11.0 Å². The third-order valence-electron chi connectivity index (χ3n) is 4.01. The first-order chi connectivity index (χ1) is 12.4. The molecule has 0 saturated heterocycles. The molecular weight excluding hydrogens is 336 g/mol. The average Bonchev–Trinajstić information content (AvgIpc) is 3.10. The molecule has 0 aliphatic rings. The zero-order chi connectivity index (χ0) is 18.7. The number of aromatic amines is 1. The van der Waals surface area contributed by atoms with Crippen LogP contribution in [0.1, 0.15) is 22.8 Å². The highest BCUT2D eigenvalue weighted by atomic mass is 16.5. The van der Waals surface area contributed by atoms with Crippen molar-refractivity contribution in [1.82, 2.24) is 20.7 Å². The number of rotatable bonds is 6. The highest BCUT2D eigenvalue weighted by molar-refractivity contribution is 6.00. The maximum Gasteiger partial charge on any atom is 0.332 e. The Morgan fingerprint density at radius 2 is 1.96 bits per heavy atom. The van der Waals surface area contributed by atoms with Crippen LogP contribution < -0.4 is 10.1 Å². The predicted molar refractivity (Wildman–Crippen MR) is 94.1 cm³/mol. The Balaban J connectivity index is 1.79. The molecule has 1 heterocycles. The maximum atomic E-state index is 12.6. The molecule has 3 aromatic rings. The third kappa shape index (κ3) is 3.49. The highest BCUT2D eigenvalue weighted by Crippen LogP contribution is 2.18. The summed E-state index contributed by atoms with van der Waals surface area (Å²) < 4.78 is 5.53. The summed E-state index contributed by atoms with van der Waals surface area (Å²) in [6.45, 7) is 2.98. The molecule has 0 spiro atoms. The summed E-state index contributed by atoms with van der Waals surface area (Å²) >= 11 is 0. The Hall–Kier alpha value is -3.42. The van der Waals surface area contributed by atoms with Gasteiger partial charge < -0.3 is 15.2 Å². The van der Waals surface area contributed by atoms with Crippen molar-refractivity contribution in [3.63, 3.8) is 0 Å². The molecule has 26 heavy (non-hydrogen) atoms. The van der Waals surface area contributed by atoms with Crippen molar-refractivity contribution in [3.8, 4) is 5.75 Å². The fourth-order valence-corrected chi connectivity index (χ4v) is 2.47. The van der Waals surface area contributed by atoms with Crippen LogP contribution in [0.3, 0.4) is 0 Å². The molecule has 1 atom stereocenters. The molecule has 3 N–H and O–H groups in total. The van der Waals surface area contributed by atoms with Crippen molar-refractivity contribution >= 4 is 22.9 Å². The summed E-state index contributed by atoms with van der Waals surface area (Å²) in [6, 6.07) is 12.0. The van der Waals surface area contributed by atoms with Gasteiger partial charge in [0.05, 0.1) is 0 Å². The number of amides is 1. The van der Waals surface area contributed by atoms with E-state index in [0.717, 1.165) is 5.56 Å². The van der Waals surface area contributed by atoms with E-state index in [9.17, 15) is 14.7 Å². The van der Waals surface area contributed by atoms with E-state index in [0.29, 0.717) is 22.3 Å². The third-order valence-corrected chi connectivity index (χ3v) is 4.01. The number of carboxylic acids is 1. The normalized spacial score (nSPS) is 13.2. The standard InChI is InChI=1S/C18H18N4O4/c1-11-8-12(9-14-15(11)21-22-20-14)16(23)19-18(2,17(24)25)10-26-13-6-4-3-5-7-13/h3-9H,10H2,1-2H3,(H,19,23)(H,24,25)(H,20,21,22). The van der Waals surface area contributed by atoms with E-state index in [1.165, 1.54) is 6.92 Å². The largest absolute Gasteiger partial charge is 0.491 e. The highest BCUT2D eigenvalue weighted by Gasteiger charge is 2.36. The second-order valence-corrected chi connectivity index (χ2v) is 6.18. The first kappa shape index (κ1) is 17.4. The topological polar surface area (TPSA) is 117 Å². The van der Waals surface area contributed by atoms with Crippen LogP contribution in [0.5, 0.6) is 5.75 Å². The second-order valence-electron chi connectivity index (χ2n) is 6.18. The van der Waals surface area contributed by atoms with Crippen molar-refractivity contribution in [2.45, 2.75) is 19.4 Å². The summed E-state index contributed by atoms with van der Waals surface area (Å²) in [5.74, 6) is -1.20. The van der Waals surface area contributed by atoms with E-state index < -0.39 is 17.4 Å². The minimum atomic E-state index is -1.60. The lowest BCUT2D eigenvalue weighted by atomic mass is 10.0. The molecule has 1 amide bonds. The minimum Gasteiger partial charge on any atom is -0.491 e.